The molecule has 0 aliphatic carbocycles. The summed E-state index contributed by atoms with van der Waals surface area (Å²) in [5.41, 5.74) is 3.50. The summed E-state index contributed by atoms with van der Waals surface area (Å²) >= 11 is 0. The molecule has 0 spiro atoms. The maximum atomic E-state index is 14.6. The third-order valence-electron chi connectivity index (χ3n) is 4.64. The molecular formula is C24H22F2. The lowest BCUT2D eigenvalue weighted by Crippen LogP contribution is -1.96. The second-order valence-corrected chi connectivity index (χ2v) is 6.45. The molecule has 132 valence electrons. The van der Waals surface area contributed by atoms with Crippen LogP contribution in [0.4, 0.5) is 8.78 Å². The lowest BCUT2D eigenvalue weighted by Gasteiger charge is -2.10. The zero-order valence-corrected chi connectivity index (χ0v) is 14.8. The number of rotatable bonds is 7. The van der Waals surface area contributed by atoms with Gasteiger partial charge < -0.3 is 0 Å². The molecular weight excluding hydrogens is 326 g/mol. The minimum absolute atomic E-state index is 0.318. The van der Waals surface area contributed by atoms with Gasteiger partial charge in [0.25, 0.3) is 0 Å². The van der Waals surface area contributed by atoms with Gasteiger partial charge in [0.1, 0.15) is 0 Å². The van der Waals surface area contributed by atoms with Gasteiger partial charge in [-0.05, 0) is 65.5 Å². The first kappa shape index (κ1) is 18.1. The third-order valence-corrected chi connectivity index (χ3v) is 4.64. The van der Waals surface area contributed by atoms with Crippen molar-refractivity contribution in [1.29, 1.82) is 0 Å². The first-order chi connectivity index (χ1) is 12.6. The molecule has 0 fully saturated rings. The number of hydrogen-bond acceptors (Lipinski definition) is 0. The number of hydrogen-bond donors (Lipinski definition) is 0. The summed E-state index contributed by atoms with van der Waals surface area (Å²) in [6, 6.07) is 15.4. The molecule has 0 amide bonds. The fraction of sp³-hybridized carbons (Fsp3) is 0.167. The van der Waals surface area contributed by atoms with Crippen LogP contribution in [0.15, 0.2) is 73.8 Å². The number of allylic oxidation sites excluding steroid dienone is 2. The Labute approximate surface area is 153 Å². The second-order valence-electron chi connectivity index (χ2n) is 6.45. The van der Waals surface area contributed by atoms with Crippen LogP contribution in [0.2, 0.25) is 0 Å². The van der Waals surface area contributed by atoms with Crippen molar-refractivity contribution in [3.05, 3.63) is 96.6 Å². The molecule has 0 aliphatic heterocycles. The molecule has 0 heterocycles. The molecule has 0 bridgehead atoms. The molecule has 0 unspecified atom stereocenters. The Kier molecular flexibility index (Phi) is 5.62. The van der Waals surface area contributed by atoms with E-state index in [1.54, 1.807) is 18.2 Å². The average molecular weight is 348 g/mol. The van der Waals surface area contributed by atoms with Crippen LogP contribution in [0.25, 0.3) is 21.9 Å². The van der Waals surface area contributed by atoms with Crippen molar-refractivity contribution in [3.8, 4) is 11.1 Å². The first-order valence-corrected chi connectivity index (χ1v) is 8.85. The van der Waals surface area contributed by atoms with Crippen molar-refractivity contribution >= 4 is 10.8 Å². The Bertz CT molecular complexity index is 937. The van der Waals surface area contributed by atoms with E-state index in [-0.39, 0.29) is 0 Å². The summed E-state index contributed by atoms with van der Waals surface area (Å²) in [6.45, 7) is 7.37. The third kappa shape index (κ3) is 3.75. The summed E-state index contributed by atoms with van der Waals surface area (Å²) in [5.74, 6) is -1.53. The molecule has 3 aromatic carbocycles. The Morgan fingerprint density at radius 2 is 1.38 bits per heavy atom. The van der Waals surface area contributed by atoms with Gasteiger partial charge in [0, 0.05) is 5.39 Å². The molecule has 3 rings (SSSR count). The predicted octanol–water partition coefficient (Wildman–Crippen LogP) is 7.02. The topological polar surface area (TPSA) is 0 Å². The molecule has 0 nitrogen and oxygen atoms in total. The van der Waals surface area contributed by atoms with Gasteiger partial charge in [-0.25, -0.2) is 8.78 Å². The number of fused-ring (bicyclic) bond motifs is 1. The average Bonchev–Trinajstić information content (AvgIpc) is 2.68. The van der Waals surface area contributed by atoms with Gasteiger partial charge in [0.2, 0.25) is 0 Å². The Morgan fingerprint density at radius 3 is 2.08 bits per heavy atom. The van der Waals surface area contributed by atoms with E-state index in [9.17, 15) is 8.78 Å². The van der Waals surface area contributed by atoms with Crippen LogP contribution in [0.1, 0.15) is 24.0 Å². The smallest absolute Gasteiger partial charge is 0.166 e. The van der Waals surface area contributed by atoms with Crippen LogP contribution in [0.5, 0.6) is 0 Å². The summed E-state index contributed by atoms with van der Waals surface area (Å²) in [5, 5.41) is 1.03. The van der Waals surface area contributed by atoms with Crippen molar-refractivity contribution < 1.29 is 8.78 Å². The van der Waals surface area contributed by atoms with Gasteiger partial charge in [-0.3, -0.25) is 0 Å². The van der Waals surface area contributed by atoms with Crippen molar-refractivity contribution in [2.75, 3.05) is 0 Å². The molecule has 3 aromatic rings. The van der Waals surface area contributed by atoms with Gasteiger partial charge in [-0.2, -0.15) is 0 Å². The van der Waals surface area contributed by atoms with Gasteiger partial charge in [-0.15, -0.1) is 13.2 Å². The highest BCUT2D eigenvalue weighted by Gasteiger charge is 2.14. The second kappa shape index (κ2) is 8.09. The molecule has 0 saturated heterocycles. The van der Waals surface area contributed by atoms with E-state index in [1.165, 1.54) is 5.56 Å². The molecule has 0 saturated carbocycles. The summed E-state index contributed by atoms with van der Waals surface area (Å²) in [6.07, 6.45) is 6.58. The molecule has 0 atom stereocenters. The normalized spacial score (nSPS) is 10.8. The Morgan fingerprint density at radius 1 is 0.731 bits per heavy atom. The van der Waals surface area contributed by atoms with Crippen molar-refractivity contribution in [1.82, 2.24) is 0 Å². The summed E-state index contributed by atoms with van der Waals surface area (Å²) < 4.78 is 28.9. The highest BCUT2D eigenvalue weighted by molar-refractivity contribution is 5.88. The minimum Gasteiger partial charge on any atom is -0.203 e. The number of benzene rings is 3. The van der Waals surface area contributed by atoms with E-state index in [0.29, 0.717) is 29.2 Å². The van der Waals surface area contributed by atoms with E-state index >= 15 is 0 Å². The van der Waals surface area contributed by atoms with E-state index in [2.05, 4.69) is 25.3 Å². The van der Waals surface area contributed by atoms with Gasteiger partial charge in [0.15, 0.2) is 11.6 Å². The fourth-order valence-electron chi connectivity index (χ4n) is 3.13. The Balaban J connectivity index is 1.97. The zero-order valence-electron chi connectivity index (χ0n) is 14.8. The van der Waals surface area contributed by atoms with E-state index in [0.717, 1.165) is 24.0 Å². The van der Waals surface area contributed by atoms with Crippen molar-refractivity contribution in [2.24, 2.45) is 0 Å². The van der Waals surface area contributed by atoms with Gasteiger partial charge in [-0.1, -0.05) is 48.6 Å². The lowest BCUT2D eigenvalue weighted by atomic mass is 9.97. The largest absolute Gasteiger partial charge is 0.203 e. The summed E-state index contributed by atoms with van der Waals surface area (Å²) in [7, 11) is 0. The van der Waals surface area contributed by atoms with E-state index < -0.39 is 11.6 Å². The number of aryl methyl sites for hydroxylation is 2. The molecule has 0 aliphatic rings. The molecule has 0 N–H and O–H groups in total. The van der Waals surface area contributed by atoms with E-state index in [4.69, 9.17) is 0 Å². The fourth-order valence-corrected chi connectivity index (χ4v) is 3.13. The molecule has 26 heavy (non-hydrogen) atoms. The minimum atomic E-state index is -0.772. The molecule has 0 aromatic heterocycles. The molecule has 2 heteroatoms. The summed E-state index contributed by atoms with van der Waals surface area (Å²) in [4.78, 5) is 0. The van der Waals surface area contributed by atoms with Crippen molar-refractivity contribution in [3.63, 3.8) is 0 Å². The van der Waals surface area contributed by atoms with E-state index in [1.807, 2.05) is 30.3 Å². The maximum Gasteiger partial charge on any atom is 0.166 e. The maximum absolute atomic E-state index is 14.6. The quantitative estimate of drug-likeness (QED) is 0.402. The lowest BCUT2D eigenvalue weighted by molar-refractivity contribution is 0.507. The van der Waals surface area contributed by atoms with Crippen LogP contribution >= 0.6 is 0 Å². The van der Waals surface area contributed by atoms with Gasteiger partial charge >= 0.3 is 0 Å². The Hall–Kier alpha value is -2.74. The van der Waals surface area contributed by atoms with Crippen LogP contribution in [-0.4, -0.2) is 0 Å². The van der Waals surface area contributed by atoms with Crippen LogP contribution in [0.3, 0.4) is 0 Å². The monoisotopic (exact) mass is 348 g/mol. The van der Waals surface area contributed by atoms with Crippen molar-refractivity contribution in [2.45, 2.75) is 25.7 Å². The molecule has 0 radical (unpaired) electrons. The van der Waals surface area contributed by atoms with Crippen LogP contribution in [-0.2, 0) is 12.8 Å². The number of halogens is 2. The zero-order chi connectivity index (χ0) is 18.5. The highest BCUT2D eigenvalue weighted by atomic mass is 19.2. The highest BCUT2D eigenvalue weighted by Crippen LogP contribution is 2.29. The van der Waals surface area contributed by atoms with Gasteiger partial charge in [0.05, 0.1) is 0 Å². The SMILES string of the molecule is C=CCCc1ccc(-c2ccc3cc(CCC=C)c(F)c(F)c3c2)cc1. The first-order valence-electron chi connectivity index (χ1n) is 8.85. The van der Waals surface area contributed by atoms with Crippen LogP contribution < -0.4 is 0 Å². The van der Waals surface area contributed by atoms with Crippen LogP contribution in [0, 0.1) is 11.6 Å². The predicted molar refractivity (Wildman–Crippen MR) is 106 cm³/mol. The standard InChI is InChI=1S/C24H22F2/c1-3-5-7-17-9-11-18(12-10-17)19-13-14-20-15-21(8-6-4-2)23(25)24(26)22(20)16-19/h3-4,9-16H,1-2,5-8H2.